The van der Waals surface area contributed by atoms with Crippen molar-refractivity contribution in [2.75, 3.05) is 7.05 Å². The molecule has 1 aromatic rings. The van der Waals surface area contributed by atoms with Crippen LogP contribution in [0.3, 0.4) is 0 Å². The van der Waals surface area contributed by atoms with Crippen LogP contribution in [0.5, 0.6) is 5.75 Å². The first-order chi connectivity index (χ1) is 10.5. The number of amides is 1. The number of benzene rings is 1. The van der Waals surface area contributed by atoms with Crippen molar-refractivity contribution in [3.05, 3.63) is 29.8 Å². The third-order valence-corrected chi connectivity index (χ3v) is 5.00. The number of hydrogen-bond acceptors (Lipinski definition) is 2. The Kier molecular flexibility index (Phi) is 4.32. The van der Waals surface area contributed by atoms with Gasteiger partial charge >= 0.3 is 6.61 Å². The first-order valence-corrected chi connectivity index (χ1v) is 7.81. The Bertz CT molecular complexity index is 532. The third kappa shape index (κ3) is 3.23. The molecule has 2 fully saturated rings. The predicted molar refractivity (Wildman–Crippen MR) is 78.5 cm³/mol. The van der Waals surface area contributed by atoms with E-state index in [9.17, 15) is 13.6 Å². The highest BCUT2D eigenvalue weighted by Gasteiger charge is 2.43. The molecular formula is C17H21F2NO2. The van der Waals surface area contributed by atoms with Crippen molar-refractivity contribution < 1.29 is 18.3 Å². The van der Waals surface area contributed by atoms with E-state index in [4.69, 9.17) is 0 Å². The van der Waals surface area contributed by atoms with Gasteiger partial charge in [0.1, 0.15) is 5.75 Å². The van der Waals surface area contributed by atoms with E-state index in [1.807, 2.05) is 7.05 Å². The van der Waals surface area contributed by atoms with Crippen molar-refractivity contribution in [2.45, 2.75) is 38.8 Å². The second-order valence-electron chi connectivity index (χ2n) is 6.50. The topological polar surface area (TPSA) is 29.5 Å². The molecule has 3 unspecified atom stereocenters. The number of ether oxygens (including phenoxy) is 1. The van der Waals surface area contributed by atoms with Crippen molar-refractivity contribution in [1.82, 2.24) is 4.90 Å². The van der Waals surface area contributed by atoms with E-state index in [0.29, 0.717) is 12.5 Å². The number of alkyl halides is 2. The lowest BCUT2D eigenvalue weighted by molar-refractivity contribution is -0.136. The summed E-state index contributed by atoms with van der Waals surface area (Å²) in [5.74, 6) is 1.87. The fourth-order valence-corrected chi connectivity index (χ4v) is 3.96. The minimum Gasteiger partial charge on any atom is -0.435 e. The summed E-state index contributed by atoms with van der Waals surface area (Å²) in [6, 6.07) is 6.47. The quantitative estimate of drug-likeness (QED) is 0.830. The van der Waals surface area contributed by atoms with Gasteiger partial charge < -0.3 is 9.64 Å². The standard InChI is InChI=1S/C17H21F2NO2/c1-20(16(21)15-9-12-2-5-13(15)8-12)10-11-3-6-14(7-4-11)22-17(18)19/h3-4,6-7,12-13,15,17H,2,5,8-10H2,1H3. The average molecular weight is 309 g/mol. The predicted octanol–water partition coefficient (Wildman–Crippen LogP) is 3.68. The van der Waals surface area contributed by atoms with Crippen LogP contribution in [-0.4, -0.2) is 24.5 Å². The van der Waals surface area contributed by atoms with Gasteiger partial charge in [-0.25, -0.2) is 0 Å². The summed E-state index contributed by atoms with van der Waals surface area (Å²) >= 11 is 0. The molecule has 5 heteroatoms. The summed E-state index contributed by atoms with van der Waals surface area (Å²) < 4.78 is 28.5. The number of rotatable bonds is 5. The molecular weight excluding hydrogens is 288 g/mol. The van der Waals surface area contributed by atoms with Crippen LogP contribution in [0.4, 0.5) is 8.78 Å². The lowest BCUT2D eigenvalue weighted by Gasteiger charge is -2.26. The highest BCUT2D eigenvalue weighted by molar-refractivity contribution is 5.79. The van der Waals surface area contributed by atoms with Gasteiger partial charge in [-0.2, -0.15) is 8.78 Å². The molecule has 2 bridgehead atoms. The zero-order valence-electron chi connectivity index (χ0n) is 12.7. The van der Waals surface area contributed by atoms with E-state index in [1.165, 1.54) is 31.4 Å². The lowest BCUT2D eigenvalue weighted by Crippen LogP contribution is -2.35. The van der Waals surface area contributed by atoms with Gasteiger partial charge in [0.25, 0.3) is 0 Å². The summed E-state index contributed by atoms with van der Waals surface area (Å²) in [7, 11) is 1.82. The zero-order chi connectivity index (χ0) is 15.7. The van der Waals surface area contributed by atoms with E-state index < -0.39 is 6.61 Å². The first kappa shape index (κ1) is 15.3. The van der Waals surface area contributed by atoms with Gasteiger partial charge in [0, 0.05) is 19.5 Å². The molecule has 0 aromatic heterocycles. The normalized spacial score (nSPS) is 26.5. The van der Waals surface area contributed by atoms with Crippen molar-refractivity contribution >= 4 is 5.91 Å². The summed E-state index contributed by atoms with van der Waals surface area (Å²) in [6.45, 7) is -2.31. The Balaban J connectivity index is 1.57. The molecule has 0 aliphatic heterocycles. The number of halogens is 2. The molecule has 3 atom stereocenters. The zero-order valence-corrected chi connectivity index (χ0v) is 12.7. The Labute approximate surface area is 129 Å². The smallest absolute Gasteiger partial charge is 0.387 e. The van der Waals surface area contributed by atoms with Crippen LogP contribution in [0.1, 0.15) is 31.2 Å². The van der Waals surface area contributed by atoms with E-state index in [2.05, 4.69) is 4.74 Å². The molecule has 0 heterocycles. The van der Waals surface area contributed by atoms with Crippen molar-refractivity contribution in [3.8, 4) is 5.75 Å². The van der Waals surface area contributed by atoms with Gasteiger partial charge in [0.2, 0.25) is 5.91 Å². The number of nitrogens with zero attached hydrogens (tertiary/aromatic N) is 1. The molecule has 1 amide bonds. The largest absolute Gasteiger partial charge is 0.435 e. The second kappa shape index (κ2) is 6.23. The van der Waals surface area contributed by atoms with Gasteiger partial charge in [0.05, 0.1) is 0 Å². The second-order valence-corrected chi connectivity index (χ2v) is 6.50. The molecule has 0 saturated heterocycles. The molecule has 2 aliphatic carbocycles. The summed E-state index contributed by atoms with van der Waals surface area (Å²) in [5.41, 5.74) is 0.917. The SMILES string of the molecule is CN(Cc1ccc(OC(F)F)cc1)C(=O)C1CC2CCC1C2. The van der Waals surface area contributed by atoms with Crippen LogP contribution in [0.2, 0.25) is 0 Å². The summed E-state index contributed by atoms with van der Waals surface area (Å²) in [6.07, 6.45) is 4.72. The van der Waals surface area contributed by atoms with Crippen LogP contribution >= 0.6 is 0 Å². The van der Waals surface area contributed by atoms with Crippen LogP contribution in [-0.2, 0) is 11.3 Å². The average Bonchev–Trinajstić information content (AvgIpc) is 3.10. The Morgan fingerprint density at radius 1 is 1.27 bits per heavy atom. The van der Waals surface area contributed by atoms with Crippen LogP contribution in [0.15, 0.2) is 24.3 Å². The van der Waals surface area contributed by atoms with Gasteiger partial charge in [-0.3, -0.25) is 4.79 Å². The highest BCUT2D eigenvalue weighted by Crippen LogP contribution is 2.48. The molecule has 120 valence electrons. The summed E-state index contributed by atoms with van der Waals surface area (Å²) in [4.78, 5) is 14.3. The van der Waals surface area contributed by atoms with Gasteiger partial charge in [-0.05, 0) is 48.8 Å². The third-order valence-electron chi connectivity index (χ3n) is 5.00. The van der Waals surface area contributed by atoms with Gasteiger partial charge in [0.15, 0.2) is 0 Å². The molecule has 0 radical (unpaired) electrons. The molecule has 1 aromatic carbocycles. The van der Waals surface area contributed by atoms with Gasteiger partial charge in [-0.1, -0.05) is 18.6 Å². The summed E-state index contributed by atoms with van der Waals surface area (Å²) in [5, 5.41) is 0. The fourth-order valence-electron chi connectivity index (χ4n) is 3.96. The maximum Gasteiger partial charge on any atom is 0.387 e. The molecule has 3 rings (SSSR count). The van der Waals surface area contributed by atoms with Crippen molar-refractivity contribution in [3.63, 3.8) is 0 Å². The van der Waals surface area contributed by atoms with Gasteiger partial charge in [-0.15, -0.1) is 0 Å². The molecule has 0 spiro atoms. The van der Waals surface area contributed by atoms with E-state index in [-0.39, 0.29) is 17.6 Å². The first-order valence-electron chi connectivity index (χ1n) is 7.81. The molecule has 0 N–H and O–H groups in total. The minimum atomic E-state index is -2.81. The molecule has 2 saturated carbocycles. The molecule has 2 aliphatic rings. The minimum absolute atomic E-state index is 0.140. The Morgan fingerprint density at radius 2 is 2.00 bits per heavy atom. The van der Waals surface area contributed by atoms with Crippen molar-refractivity contribution in [1.29, 1.82) is 0 Å². The number of carbonyl (C=O) groups is 1. The maximum absolute atomic E-state index is 12.6. The highest BCUT2D eigenvalue weighted by atomic mass is 19.3. The maximum atomic E-state index is 12.6. The number of fused-ring (bicyclic) bond motifs is 2. The van der Waals surface area contributed by atoms with E-state index in [1.54, 1.807) is 17.0 Å². The fraction of sp³-hybridized carbons (Fsp3) is 0.588. The Hall–Kier alpha value is -1.65. The van der Waals surface area contributed by atoms with Crippen LogP contribution < -0.4 is 4.74 Å². The van der Waals surface area contributed by atoms with Crippen molar-refractivity contribution in [2.24, 2.45) is 17.8 Å². The Morgan fingerprint density at radius 3 is 2.55 bits per heavy atom. The number of carbonyl (C=O) groups excluding carboxylic acids is 1. The number of hydrogen-bond donors (Lipinski definition) is 0. The molecule has 22 heavy (non-hydrogen) atoms. The van der Waals surface area contributed by atoms with E-state index in [0.717, 1.165) is 17.9 Å². The lowest BCUT2D eigenvalue weighted by atomic mass is 9.88. The molecule has 3 nitrogen and oxygen atoms in total. The monoisotopic (exact) mass is 309 g/mol. The van der Waals surface area contributed by atoms with E-state index >= 15 is 0 Å². The van der Waals surface area contributed by atoms with Crippen LogP contribution in [0.25, 0.3) is 0 Å². The van der Waals surface area contributed by atoms with Crippen LogP contribution in [0, 0.1) is 17.8 Å².